The molecule has 0 amide bonds. The first-order valence-electron chi connectivity index (χ1n) is 7.94. The van der Waals surface area contributed by atoms with E-state index in [4.69, 9.17) is 4.74 Å². The Balaban J connectivity index is 1.86. The maximum Gasteiger partial charge on any atom is 0.323 e. The van der Waals surface area contributed by atoms with Crippen LogP contribution in [0.2, 0.25) is 0 Å². The van der Waals surface area contributed by atoms with Gasteiger partial charge in [0.1, 0.15) is 5.54 Å². The average Bonchev–Trinajstić information content (AvgIpc) is 2.97. The molecular formula is C15H29N3O3. The van der Waals surface area contributed by atoms with Crippen LogP contribution in [0.4, 0.5) is 0 Å². The van der Waals surface area contributed by atoms with E-state index >= 15 is 0 Å². The van der Waals surface area contributed by atoms with Gasteiger partial charge in [-0.3, -0.25) is 14.6 Å². The van der Waals surface area contributed by atoms with Gasteiger partial charge in [0.15, 0.2) is 0 Å². The minimum Gasteiger partial charge on any atom is -0.480 e. The van der Waals surface area contributed by atoms with Crippen molar-refractivity contribution in [3.8, 4) is 0 Å². The third-order valence-electron chi connectivity index (χ3n) is 5.11. The molecule has 3 unspecified atom stereocenters. The van der Waals surface area contributed by atoms with Gasteiger partial charge in [0.05, 0.1) is 13.2 Å². The molecule has 2 aliphatic rings. The number of hydrogen-bond donors (Lipinski definition) is 2. The normalized spacial score (nSPS) is 29.2. The summed E-state index contributed by atoms with van der Waals surface area (Å²) in [6, 6.07) is 0.867. The number of carbonyl (C=O) groups is 1. The van der Waals surface area contributed by atoms with Crippen molar-refractivity contribution >= 4 is 5.97 Å². The lowest BCUT2D eigenvalue weighted by molar-refractivity contribution is -0.144. The standard InChI is InChI=1S/C15H29N3O3/c1-12(10-15(2,16-3)14(19)20)18-5-4-13(11-18)17-6-8-21-9-7-17/h12-13,16H,4-11H2,1-3H3,(H,19,20). The van der Waals surface area contributed by atoms with Gasteiger partial charge < -0.3 is 15.2 Å². The van der Waals surface area contributed by atoms with Crippen LogP contribution < -0.4 is 5.32 Å². The summed E-state index contributed by atoms with van der Waals surface area (Å²) in [7, 11) is 1.72. The van der Waals surface area contributed by atoms with Gasteiger partial charge in [0.25, 0.3) is 0 Å². The van der Waals surface area contributed by atoms with Gasteiger partial charge in [-0.2, -0.15) is 0 Å². The Morgan fingerprint density at radius 2 is 2.10 bits per heavy atom. The summed E-state index contributed by atoms with van der Waals surface area (Å²) in [5.41, 5.74) is -0.851. The topological polar surface area (TPSA) is 65.0 Å². The largest absolute Gasteiger partial charge is 0.480 e. The molecule has 3 atom stereocenters. The molecule has 0 aromatic rings. The Kier molecular flexibility index (Phi) is 5.60. The first kappa shape index (κ1) is 16.7. The fourth-order valence-electron chi connectivity index (χ4n) is 3.43. The van der Waals surface area contributed by atoms with Gasteiger partial charge in [-0.1, -0.05) is 0 Å². The van der Waals surface area contributed by atoms with Crippen LogP contribution in [0.25, 0.3) is 0 Å². The van der Waals surface area contributed by atoms with Crippen LogP contribution in [0.5, 0.6) is 0 Å². The van der Waals surface area contributed by atoms with E-state index in [1.807, 2.05) is 0 Å². The molecule has 2 heterocycles. The van der Waals surface area contributed by atoms with Crippen LogP contribution in [0.1, 0.15) is 26.7 Å². The molecule has 122 valence electrons. The molecule has 0 aromatic heterocycles. The van der Waals surface area contributed by atoms with Gasteiger partial charge in [0, 0.05) is 38.3 Å². The van der Waals surface area contributed by atoms with Crippen molar-refractivity contribution in [3.63, 3.8) is 0 Å². The molecular weight excluding hydrogens is 270 g/mol. The molecule has 0 radical (unpaired) electrons. The highest BCUT2D eigenvalue weighted by molar-refractivity contribution is 5.78. The van der Waals surface area contributed by atoms with E-state index in [1.54, 1.807) is 14.0 Å². The van der Waals surface area contributed by atoms with E-state index < -0.39 is 11.5 Å². The molecule has 2 rings (SSSR count). The van der Waals surface area contributed by atoms with E-state index in [9.17, 15) is 9.90 Å². The molecule has 2 saturated heterocycles. The highest BCUT2D eigenvalue weighted by Gasteiger charge is 2.37. The van der Waals surface area contributed by atoms with Gasteiger partial charge >= 0.3 is 5.97 Å². The summed E-state index contributed by atoms with van der Waals surface area (Å²) in [5, 5.41) is 12.3. The van der Waals surface area contributed by atoms with Crippen molar-refractivity contribution < 1.29 is 14.6 Å². The van der Waals surface area contributed by atoms with E-state index in [0.29, 0.717) is 12.5 Å². The van der Waals surface area contributed by atoms with E-state index in [0.717, 1.165) is 39.4 Å². The van der Waals surface area contributed by atoms with Crippen molar-refractivity contribution in [2.45, 2.75) is 44.3 Å². The molecule has 2 fully saturated rings. The molecule has 0 bridgehead atoms. The van der Waals surface area contributed by atoms with Crippen molar-refractivity contribution in [2.24, 2.45) is 0 Å². The highest BCUT2D eigenvalue weighted by Crippen LogP contribution is 2.23. The smallest absolute Gasteiger partial charge is 0.323 e. The van der Waals surface area contributed by atoms with E-state index in [-0.39, 0.29) is 6.04 Å². The number of morpholine rings is 1. The van der Waals surface area contributed by atoms with Crippen molar-refractivity contribution in [1.29, 1.82) is 0 Å². The Morgan fingerprint density at radius 1 is 1.43 bits per heavy atom. The second-order valence-electron chi connectivity index (χ2n) is 6.53. The number of carboxylic acids is 1. The number of carboxylic acid groups (broad SMARTS) is 1. The fourth-order valence-corrected chi connectivity index (χ4v) is 3.43. The number of nitrogens with one attached hydrogen (secondary N) is 1. The average molecular weight is 299 g/mol. The number of hydrogen-bond acceptors (Lipinski definition) is 5. The zero-order valence-electron chi connectivity index (χ0n) is 13.5. The summed E-state index contributed by atoms with van der Waals surface area (Å²) >= 11 is 0. The molecule has 0 spiro atoms. The second kappa shape index (κ2) is 7.05. The number of rotatable bonds is 6. The fraction of sp³-hybridized carbons (Fsp3) is 0.933. The van der Waals surface area contributed by atoms with Crippen LogP contribution in [0.3, 0.4) is 0 Å². The number of ether oxygens (including phenoxy) is 1. The summed E-state index contributed by atoms with van der Waals surface area (Å²) in [6.07, 6.45) is 1.79. The van der Waals surface area contributed by atoms with E-state index in [2.05, 4.69) is 22.0 Å². The molecule has 0 saturated carbocycles. The van der Waals surface area contributed by atoms with Gasteiger partial charge in [0.2, 0.25) is 0 Å². The van der Waals surface area contributed by atoms with Crippen molar-refractivity contribution in [3.05, 3.63) is 0 Å². The SMILES string of the molecule is CNC(C)(CC(C)N1CCC(N2CCOCC2)C1)C(=O)O. The van der Waals surface area contributed by atoms with Crippen LogP contribution >= 0.6 is 0 Å². The molecule has 2 N–H and O–H groups in total. The third-order valence-corrected chi connectivity index (χ3v) is 5.11. The van der Waals surface area contributed by atoms with Gasteiger partial charge in [-0.25, -0.2) is 0 Å². The lowest BCUT2D eigenvalue weighted by atomic mass is 9.93. The predicted molar refractivity (Wildman–Crippen MR) is 81.5 cm³/mol. The van der Waals surface area contributed by atoms with Crippen LogP contribution in [-0.4, -0.2) is 84.9 Å². The molecule has 0 aromatic carbocycles. The predicted octanol–water partition coefficient (Wildman–Crippen LogP) is 0.234. The molecule has 6 nitrogen and oxygen atoms in total. The Hall–Kier alpha value is -0.690. The second-order valence-corrected chi connectivity index (χ2v) is 6.53. The van der Waals surface area contributed by atoms with Crippen LogP contribution in [-0.2, 0) is 9.53 Å². The monoisotopic (exact) mass is 299 g/mol. The lowest BCUT2D eigenvalue weighted by Crippen LogP contribution is -2.52. The Labute approximate surface area is 127 Å². The van der Waals surface area contributed by atoms with Crippen LogP contribution in [0, 0.1) is 0 Å². The molecule has 6 heteroatoms. The number of nitrogens with zero attached hydrogens (tertiary/aromatic N) is 2. The number of likely N-dealkylation sites (N-methyl/N-ethyl adjacent to an activating group) is 1. The minimum atomic E-state index is -0.851. The molecule has 0 aliphatic carbocycles. The maximum absolute atomic E-state index is 11.4. The van der Waals surface area contributed by atoms with E-state index in [1.165, 1.54) is 6.42 Å². The molecule has 2 aliphatic heterocycles. The summed E-state index contributed by atoms with van der Waals surface area (Å²) in [5.74, 6) is -0.777. The molecule has 21 heavy (non-hydrogen) atoms. The first-order chi connectivity index (χ1) is 9.96. The first-order valence-corrected chi connectivity index (χ1v) is 7.94. The summed E-state index contributed by atoms with van der Waals surface area (Å²) < 4.78 is 5.41. The minimum absolute atomic E-state index is 0.268. The third kappa shape index (κ3) is 3.94. The summed E-state index contributed by atoms with van der Waals surface area (Å²) in [4.78, 5) is 16.4. The Bertz CT molecular complexity index is 360. The van der Waals surface area contributed by atoms with Crippen molar-refractivity contribution in [1.82, 2.24) is 15.1 Å². The highest BCUT2D eigenvalue weighted by atomic mass is 16.5. The number of aliphatic carboxylic acids is 1. The Morgan fingerprint density at radius 3 is 2.67 bits per heavy atom. The van der Waals surface area contributed by atoms with Crippen molar-refractivity contribution in [2.75, 3.05) is 46.4 Å². The number of likely N-dealkylation sites (tertiary alicyclic amines) is 1. The van der Waals surface area contributed by atoms with Gasteiger partial charge in [-0.15, -0.1) is 0 Å². The van der Waals surface area contributed by atoms with Gasteiger partial charge in [-0.05, 0) is 33.7 Å². The lowest BCUT2D eigenvalue weighted by Gasteiger charge is -2.34. The van der Waals surface area contributed by atoms with Crippen LogP contribution in [0.15, 0.2) is 0 Å². The zero-order valence-corrected chi connectivity index (χ0v) is 13.5. The maximum atomic E-state index is 11.4. The summed E-state index contributed by atoms with van der Waals surface area (Å²) in [6.45, 7) is 9.73. The quantitative estimate of drug-likeness (QED) is 0.732. The zero-order chi connectivity index (χ0) is 15.5.